The van der Waals surface area contributed by atoms with Gasteiger partial charge in [-0.05, 0) is 37.2 Å². The lowest BCUT2D eigenvalue weighted by Gasteiger charge is -2.02. The molecule has 0 saturated carbocycles. The summed E-state index contributed by atoms with van der Waals surface area (Å²) in [4.78, 5) is 1.72. The normalized spacial score (nSPS) is 10.8. The van der Waals surface area contributed by atoms with Crippen molar-refractivity contribution < 1.29 is 8.78 Å². The van der Waals surface area contributed by atoms with Gasteiger partial charge < -0.3 is 5.32 Å². The Balaban J connectivity index is 2.19. The number of hydrogen-bond donors (Lipinski definition) is 1. The first-order valence-corrected chi connectivity index (χ1v) is 6.78. The molecule has 0 atom stereocenters. The molecular formula is C14H15F2NS. The fourth-order valence-corrected chi connectivity index (χ4v) is 2.75. The maximum atomic E-state index is 13.6. The van der Waals surface area contributed by atoms with E-state index in [1.165, 1.54) is 29.5 Å². The summed E-state index contributed by atoms with van der Waals surface area (Å²) in [7, 11) is 0. The minimum absolute atomic E-state index is 0.0734. The highest BCUT2D eigenvalue weighted by atomic mass is 32.1. The average Bonchev–Trinajstić information content (AvgIpc) is 2.78. The van der Waals surface area contributed by atoms with Crippen LogP contribution in [0.25, 0.3) is 10.4 Å². The van der Waals surface area contributed by atoms with Crippen molar-refractivity contribution in [2.75, 3.05) is 6.54 Å². The molecule has 0 aliphatic carbocycles. The molecule has 1 aromatic heterocycles. The minimum atomic E-state index is -0.509. The van der Waals surface area contributed by atoms with Crippen LogP contribution in [0.1, 0.15) is 18.2 Å². The van der Waals surface area contributed by atoms with Gasteiger partial charge in [0, 0.05) is 16.3 Å². The van der Waals surface area contributed by atoms with Gasteiger partial charge in [0.15, 0.2) is 0 Å². The summed E-state index contributed by atoms with van der Waals surface area (Å²) >= 11 is 1.42. The van der Waals surface area contributed by atoms with E-state index < -0.39 is 11.6 Å². The monoisotopic (exact) mass is 267 g/mol. The molecule has 96 valence electrons. The second-order valence-corrected chi connectivity index (χ2v) is 5.21. The Kier molecular flexibility index (Phi) is 4.44. The van der Waals surface area contributed by atoms with Crippen LogP contribution in [0, 0.1) is 11.6 Å². The topological polar surface area (TPSA) is 12.0 Å². The number of benzene rings is 1. The second kappa shape index (κ2) is 6.07. The Hall–Kier alpha value is -1.26. The first kappa shape index (κ1) is 13.2. The maximum Gasteiger partial charge on any atom is 0.134 e. The molecular weight excluding hydrogens is 252 g/mol. The van der Waals surface area contributed by atoms with Crippen molar-refractivity contribution in [3.05, 3.63) is 46.8 Å². The Morgan fingerprint density at radius 2 is 1.83 bits per heavy atom. The van der Waals surface area contributed by atoms with Crippen LogP contribution >= 0.6 is 11.3 Å². The van der Waals surface area contributed by atoms with Gasteiger partial charge in [-0.1, -0.05) is 13.0 Å². The Morgan fingerprint density at radius 1 is 1.11 bits per heavy atom. The summed E-state index contributed by atoms with van der Waals surface area (Å²) in [5.41, 5.74) is 0.0734. The standard InChI is InChI=1S/C14H15F2NS/c1-2-8-17-9-10-6-7-13(18-10)14-11(15)4-3-5-12(14)16/h3-7,17H,2,8-9H2,1H3. The highest BCUT2D eigenvalue weighted by molar-refractivity contribution is 7.15. The summed E-state index contributed by atoms with van der Waals surface area (Å²) < 4.78 is 27.2. The lowest BCUT2D eigenvalue weighted by molar-refractivity contribution is 0.590. The number of nitrogens with one attached hydrogen (secondary N) is 1. The maximum absolute atomic E-state index is 13.6. The molecule has 1 heterocycles. The Labute approximate surface area is 109 Å². The van der Waals surface area contributed by atoms with E-state index in [2.05, 4.69) is 12.2 Å². The van der Waals surface area contributed by atoms with Crippen LogP contribution in [0.4, 0.5) is 8.78 Å². The van der Waals surface area contributed by atoms with Crippen molar-refractivity contribution >= 4 is 11.3 Å². The molecule has 1 aromatic carbocycles. The van der Waals surface area contributed by atoms with E-state index in [9.17, 15) is 8.78 Å². The van der Waals surface area contributed by atoms with E-state index in [1.54, 1.807) is 6.07 Å². The van der Waals surface area contributed by atoms with Gasteiger partial charge in [0.05, 0.1) is 5.56 Å². The van der Waals surface area contributed by atoms with Crippen molar-refractivity contribution in [3.63, 3.8) is 0 Å². The summed E-state index contributed by atoms with van der Waals surface area (Å²) in [5.74, 6) is -1.02. The van der Waals surface area contributed by atoms with Crippen LogP contribution in [-0.4, -0.2) is 6.54 Å². The van der Waals surface area contributed by atoms with Crippen molar-refractivity contribution in [2.45, 2.75) is 19.9 Å². The summed E-state index contributed by atoms with van der Waals surface area (Å²) in [6, 6.07) is 7.63. The van der Waals surface area contributed by atoms with Gasteiger partial charge in [0.25, 0.3) is 0 Å². The Morgan fingerprint density at radius 3 is 2.50 bits per heavy atom. The molecule has 0 radical (unpaired) electrons. The third-order valence-electron chi connectivity index (χ3n) is 2.60. The highest BCUT2D eigenvalue weighted by Crippen LogP contribution is 2.32. The van der Waals surface area contributed by atoms with E-state index in [4.69, 9.17) is 0 Å². The largest absolute Gasteiger partial charge is 0.312 e. The van der Waals surface area contributed by atoms with Crippen LogP contribution in [0.5, 0.6) is 0 Å². The van der Waals surface area contributed by atoms with Gasteiger partial charge in [-0.25, -0.2) is 8.78 Å². The van der Waals surface area contributed by atoms with E-state index in [1.807, 2.05) is 6.07 Å². The van der Waals surface area contributed by atoms with Crippen molar-refractivity contribution in [2.24, 2.45) is 0 Å². The molecule has 2 aromatic rings. The average molecular weight is 267 g/mol. The molecule has 1 N–H and O–H groups in total. The van der Waals surface area contributed by atoms with E-state index in [0.29, 0.717) is 4.88 Å². The zero-order valence-electron chi connectivity index (χ0n) is 10.2. The van der Waals surface area contributed by atoms with E-state index in [-0.39, 0.29) is 5.56 Å². The predicted molar refractivity (Wildman–Crippen MR) is 71.7 cm³/mol. The molecule has 0 spiro atoms. The van der Waals surface area contributed by atoms with Crippen LogP contribution in [-0.2, 0) is 6.54 Å². The summed E-state index contributed by atoms with van der Waals surface area (Å²) in [6.07, 6.45) is 1.07. The molecule has 0 amide bonds. The zero-order valence-corrected chi connectivity index (χ0v) is 11.0. The van der Waals surface area contributed by atoms with Crippen LogP contribution in [0.3, 0.4) is 0 Å². The smallest absolute Gasteiger partial charge is 0.134 e. The fraction of sp³-hybridized carbons (Fsp3) is 0.286. The highest BCUT2D eigenvalue weighted by Gasteiger charge is 2.12. The van der Waals surface area contributed by atoms with Gasteiger partial charge in [0.1, 0.15) is 11.6 Å². The molecule has 4 heteroatoms. The first-order chi connectivity index (χ1) is 8.72. The lowest BCUT2D eigenvalue weighted by Crippen LogP contribution is -2.12. The third-order valence-corrected chi connectivity index (χ3v) is 3.70. The molecule has 0 bridgehead atoms. The molecule has 2 rings (SSSR count). The van der Waals surface area contributed by atoms with Gasteiger partial charge in [-0.3, -0.25) is 0 Å². The van der Waals surface area contributed by atoms with Crippen LogP contribution < -0.4 is 5.32 Å². The van der Waals surface area contributed by atoms with Crippen molar-refractivity contribution in [3.8, 4) is 10.4 Å². The van der Waals surface area contributed by atoms with Crippen molar-refractivity contribution in [1.82, 2.24) is 5.32 Å². The molecule has 18 heavy (non-hydrogen) atoms. The number of rotatable bonds is 5. The number of halogens is 2. The molecule has 0 unspecified atom stereocenters. The van der Waals surface area contributed by atoms with Crippen molar-refractivity contribution in [1.29, 1.82) is 0 Å². The van der Waals surface area contributed by atoms with Crippen LogP contribution in [0.15, 0.2) is 30.3 Å². The van der Waals surface area contributed by atoms with Gasteiger partial charge >= 0.3 is 0 Å². The molecule has 0 fully saturated rings. The van der Waals surface area contributed by atoms with E-state index >= 15 is 0 Å². The Bertz CT molecular complexity index is 502. The SMILES string of the molecule is CCCNCc1ccc(-c2c(F)cccc2F)s1. The zero-order chi connectivity index (χ0) is 13.0. The quantitative estimate of drug-likeness (QED) is 0.801. The lowest BCUT2D eigenvalue weighted by atomic mass is 10.1. The summed E-state index contributed by atoms with van der Waals surface area (Å²) in [5, 5.41) is 3.27. The van der Waals surface area contributed by atoms with Gasteiger partial charge in [-0.15, -0.1) is 11.3 Å². The number of thiophene rings is 1. The van der Waals surface area contributed by atoms with Crippen LogP contribution in [0.2, 0.25) is 0 Å². The van der Waals surface area contributed by atoms with E-state index in [0.717, 1.165) is 24.4 Å². The fourth-order valence-electron chi connectivity index (χ4n) is 1.73. The minimum Gasteiger partial charge on any atom is -0.312 e. The third kappa shape index (κ3) is 2.94. The molecule has 0 saturated heterocycles. The van der Waals surface area contributed by atoms with Gasteiger partial charge in [0.2, 0.25) is 0 Å². The predicted octanol–water partition coefficient (Wildman–Crippen LogP) is 4.19. The molecule has 1 nitrogen and oxygen atoms in total. The number of hydrogen-bond acceptors (Lipinski definition) is 2. The summed E-state index contributed by atoms with van der Waals surface area (Å²) in [6.45, 7) is 3.79. The second-order valence-electron chi connectivity index (χ2n) is 4.04. The first-order valence-electron chi connectivity index (χ1n) is 5.96. The molecule has 0 aliphatic rings. The van der Waals surface area contributed by atoms with Gasteiger partial charge in [-0.2, -0.15) is 0 Å². The molecule has 0 aliphatic heterocycles.